The molecule has 2 aromatic carbocycles. The third-order valence-electron chi connectivity index (χ3n) is 5.40. The number of carbonyl (C=O) groups excluding carboxylic acids is 2. The fraction of sp³-hybridized carbons (Fsp3) is 0.375. The van der Waals surface area contributed by atoms with Crippen LogP contribution in [0.3, 0.4) is 0 Å². The summed E-state index contributed by atoms with van der Waals surface area (Å²) >= 11 is 0. The number of benzene rings is 2. The van der Waals surface area contributed by atoms with Gasteiger partial charge in [0.1, 0.15) is 12.6 Å². The van der Waals surface area contributed by atoms with Gasteiger partial charge in [-0.3, -0.25) is 14.4 Å². The van der Waals surface area contributed by atoms with Crippen LogP contribution < -0.4 is 5.32 Å². The van der Waals surface area contributed by atoms with Crippen LogP contribution in [-0.2, 0) is 19.2 Å². The highest BCUT2D eigenvalue weighted by molar-refractivity contribution is 5.85. The highest BCUT2D eigenvalue weighted by Crippen LogP contribution is 2.44. The molecule has 1 aliphatic rings. The summed E-state index contributed by atoms with van der Waals surface area (Å²) in [5.41, 5.74) is 4.38. The third kappa shape index (κ3) is 5.26. The number of carboxylic acid groups (broad SMARTS) is 1. The molecule has 8 nitrogen and oxygen atoms in total. The summed E-state index contributed by atoms with van der Waals surface area (Å²) in [6.07, 6.45) is -1.12. The average molecular weight is 440 g/mol. The largest absolute Gasteiger partial charge is 0.481 e. The maximum absolute atomic E-state index is 12.7. The van der Waals surface area contributed by atoms with Crippen molar-refractivity contribution < 1.29 is 29.1 Å². The van der Waals surface area contributed by atoms with Crippen LogP contribution in [-0.4, -0.2) is 53.9 Å². The Labute approximate surface area is 187 Å². The smallest absolute Gasteiger partial charge is 0.407 e. The van der Waals surface area contributed by atoms with Gasteiger partial charge in [-0.25, -0.2) is 9.86 Å². The van der Waals surface area contributed by atoms with Crippen molar-refractivity contribution in [2.24, 2.45) is 0 Å². The molecule has 0 bridgehead atoms. The topological polar surface area (TPSA) is 105 Å². The molecule has 0 fully saturated rings. The van der Waals surface area contributed by atoms with Crippen molar-refractivity contribution in [3.8, 4) is 11.1 Å². The number of ether oxygens (including phenoxy) is 1. The van der Waals surface area contributed by atoms with Crippen LogP contribution in [0.25, 0.3) is 11.1 Å². The number of carbonyl (C=O) groups is 3. The van der Waals surface area contributed by atoms with Crippen molar-refractivity contribution in [2.45, 2.75) is 38.6 Å². The molecule has 0 aromatic heterocycles. The lowest BCUT2D eigenvalue weighted by Gasteiger charge is -2.25. The first-order valence-electron chi connectivity index (χ1n) is 10.7. The molecular weight excluding hydrogens is 412 g/mol. The van der Waals surface area contributed by atoms with E-state index in [1.165, 1.54) is 0 Å². The fourth-order valence-corrected chi connectivity index (χ4v) is 3.95. The number of alkyl carbamates (subject to hydrolysis) is 1. The van der Waals surface area contributed by atoms with Gasteiger partial charge in [0.05, 0.1) is 6.61 Å². The molecule has 0 saturated carbocycles. The summed E-state index contributed by atoms with van der Waals surface area (Å²) in [6.45, 7) is 4.11. The number of likely N-dealkylation sites (N-methyl/N-ethyl adjacent to an activating group) is 1. The van der Waals surface area contributed by atoms with E-state index in [-0.39, 0.29) is 38.5 Å². The first kappa shape index (κ1) is 23.3. The maximum atomic E-state index is 12.7. The van der Waals surface area contributed by atoms with Crippen LogP contribution in [0.4, 0.5) is 4.79 Å². The number of amides is 2. The van der Waals surface area contributed by atoms with Crippen molar-refractivity contribution >= 4 is 18.0 Å². The van der Waals surface area contributed by atoms with Gasteiger partial charge in [-0.1, -0.05) is 48.5 Å². The third-order valence-corrected chi connectivity index (χ3v) is 5.40. The van der Waals surface area contributed by atoms with Gasteiger partial charge in [0, 0.05) is 18.9 Å². The summed E-state index contributed by atoms with van der Waals surface area (Å²) in [5.74, 6) is -1.68. The first-order valence-corrected chi connectivity index (χ1v) is 10.7. The van der Waals surface area contributed by atoms with E-state index in [2.05, 4.69) is 5.32 Å². The van der Waals surface area contributed by atoms with Gasteiger partial charge in [0.2, 0.25) is 0 Å². The molecule has 1 aliphatic carbocycles. The van der Waals surface area contributed by atoms with E-state index in [0.717, 1.165) is 27.3 Å². The molecule has 3 rings (SSSR count). The summed E-state index contributed by atoms with van der Waals surface area (Å²) in [6, 6.07) is 14.9. The molecule has 1 unspecified atom stereocenters. The minimum Gasteiger partial charge on any atom is -0.481 e. The minimum atomic E-state index is -1.06. The maximum Gasteiger partial charge on any atom is 0.407 e. The summed E-state index contributed by atoms with van der Waals surface area (Å²) in [5, 5.41) is 12.7. The van der Waals surface area contributed by atoms with E-state index in [4.69, 9.17) is 14.7 Å². The zero-order chi connectivity index (χ0) is 23.1. The Morgan fingerprint density at radius 3 is 2.16 bits per heavy atom. The normalized spacial score (nSPS) is 13.1. The van der Waals surface area contributed by atoms with Crippen molar-refractivity contribution in [3.05, 3.63) is 59.7 Å². The van der Waals surface area contributed by atoms with E-state index in [1.807, 2.05) is 48.5 Å². The van der Waals surface area contributed by atoms with Crippen LogP contribution in [0.1, 0.15) is 43.7 Å². The summed E-state index contributed by atoms with van der Waals surface area (Å²) in [4.78, 5) is 41.6. The Hall–Kier alpha value is -3.39. The Balaban J connectivity index is 1.68. The second-order valence-electron chi connectivity index (χ2n) is 7.41. The van der Waals surface area contributed by atoms with Gasteiger partial charge in [-0.2, -0.15) is 0 Å². The second kappa shape index (κ2) is 10.8. The molecule has 8 heteroatoms. The number of carboxylic acids is 1. The van der Waals surface area contributed by atoms with Gasteiger partial charge in [0.15, 0.2) is 0 Å². The minimum absolute atomic E-state index is 0.0675. The number of hydrogen-bond donors (Lipinski definition) is 2. The molecule has 32 heavy (non-hydrogen) atoms. The van der Waals surface area contributed by atoms with Crippen LogP contribution >= 0.6 is 0 Å². The number of nitrogens with zero attached hydrogens (tertiary/aromatic N) is 1. The van der Waals surface area contributed by atoms with Gasteiger partial charge >= 0.3 is 12.1 Å². The number of fused-ring (bicyclic) bond motifs is 3. The van der Waals surface area contributed by atoms with Crippen molar-refractivity contribution in [1.82, 2.24) is 10.4 Å². The number of aliphatic carboxylic acids is 1. The SMILES string of the molecule is CCON(CC)C(=O)C(CCC(=O)O)NC(=O)OCC1c2ccccc2-c2ccccc21. The lowest BCUT2D eigenvalue weighted by atomic mass is 9.98. The van der Waals surface area contributed by atoms with E-state index >= 15 is 0 Å². The number of hydroxylamine groups is 2. The average Bonchev–Trinajstić information content (AvgIpc) is 3.12. The van der Waals surface area contributed by atoms with E-state index in [0.29, 0.717) is 0 Å². The summed E-state index contributed by atoms with van der Waals surface area (Å²) < 4.78 is 5.49. The van der Waals surface area contributed by atoms with Gasteiger partial charge in [0.25, 0.3) is 5.91 Å². The number of rotatable bonds is 10. The van der Waals surface area contributed by atoms with Crippen molar-refractivity contribution in [2.75, 3.05) is 19.8 Å². The molecule has 0 heterocycles. The standard InChI is InChI=1S/C24H28N2O6/c1-3-26(32-4-2)23(29)21(13-14-22(27)28)25-24(30)31-15-20-18-11-7-5-9-16(18)17-10-6-8-12-19(17)20/h5-12,20-21H,3-4,13-15H2,1-2H3,(H,25,30)(H,27,28). The molecule has 2 N–H and O–H groups in total. The van der Waals surface area contributed by atoms with E-state index < -0.39 is 24.0 Å². The molecule has 0 aliphatic heterocycles. The number of hydrogen-bond acceptors (Lipinski definition) is 5. The molecule has 0 saturated heterocycles. The fourth-order valence-electron chi connectivity index (χ4n) is 3.95. The van der Waals surface area contributed by atoms with Crippen LogP contribution in [0.2, 0.25) is 0 Å². The zero-order valence-corrected chi connectivity index (χ0v) is 18.2. The predicted octanol–water partition coefficient (Wildman–Crippen LogP) is 3.56. The molecule has 2 aromatic rings. The Kier molecular flexibility index (Phi) is 7.83. The molecule has 1 atom stereocenters. The first-order chi connectivity index (χ1) is 15.5. The molecule has 170 valence electrons. The molecule has 2 amide bonds. The van der Waals surface area contributed by atoms with Gasteiger partial charge < -0.3 is 15.2 Å². The zero-order valence-electron chi connectivity index (χ0n) is 18.2. The highest BCUT2D eigenvalue weighted by Gasteiger charge is 2.31. The Morgan fingerprint density at radius 2 is 1.62 bits per heavy atom. The van der Waals surface area contributed by atoms with E-state index in [1.54, 1.807) is 13.8 Å². The highest BCUT2D eigenvalue weighted by atomic mass is 16.7. The van der Waals surface area contributed by atoms with Crippen LogP contribution in [0.5, 0.6) is 0 Å². The van der Waals surface area contributed by atoms with Gasteiger partial charge in [-0.15, -0.1) is 0 Å². The summed E-state index contributed by atoms with van der Waals surface area (Å²) in [7, 11) is 0. The lowest BCUT2D eigenvalue weighted by molar-refractivity contribution is -0.185. The Bertz CT molecular complexity index is 931. The quantitative estimate of drug-likeness (QED) is 0.548. The monoisotopic (exact) mass is 440 g/mol. The van der Waals surface area contributed by atoms with Crippen molar-refractivity contribution in [1.29, 1.82) is 0 Å². The van der Waals surface area contributed by atoms with Crippen molar-refractivity contribution in [3.63, 3.8) is 0 Å². The van der Waals surface area contributed by atoms with Gasteiger partial charge in [-0.05, 0) is 42.5 Å². The lowest BCUT2D eigenvalue weighted by Crippen LogP contribution is -2.49. The van der Waals surface area contributed by atoms with E-state index in [9.17, 15) is 14.4 Å². The predicted molar refractivity (Wildman–Crippen MR) is 118 cm³/mol. The van der Waals surface area contributed by atoms with Crippen LogP contribution in [0, 0.1) is 0 Å². The molecule has 0 spiro atoms. The molecular formula is C24H28N2O6. The molecule has 0 radical (unpaired) electrons. The second-order valence-corrected chi connectivity index (χ2v) is 7.41. The number of nitrogens with one attached hydrogen (secondary N) is 1. The van der Waals surface area contributed by atoms with Crippen LogP contribution in [0.15, 0.2) is 48.5 Å². The Morgan fingerprint density at radius 1 is 1.03 bits per heavy atom.